The lowest BCUT2D eigenvalue weighted by atomic mass is 9.90. The van der Waals surface area contributed by atoms with Gasteiger partial charge in [0, 0.05) is 16.2 Å². The highest BCUT2D eigenvalue weighted by Gasteiger charge is 2.48. The Morgan fingerprint density at radius 2 is 1.84 bits per heavy atom. The van der Waals surface area contributed by atoms with Gasteiger partial charge < -0.3 is 30.9 Å². The number of amides is 3. The summed E-state index contributed by atoms with van der Waals surface area (Å²) < 4.78 is 4.98. The third kappa shape index (κ3) is 5.92. The monoisotopic (exact) mass is 527 g/mol. The lowest BCUT2D eigenvalue weighted by Gasteiger charge is -2.33. The van der Waals surface area contributed by atoms with Crippen LogP contribution in [0.25, 0.3) is 0 Å². The fourth-order valence-corrected chi connectivity index (χ4v) is 6.14. The molecule has 198 valence electrons. The summed E-state index contributed by atoms with van der Waals surface area (Å²) in [5, 5.41) is 24.5. The predicted octanol–water partition coefficient (Wildman–Crippen LogP) is 1.37. The minimum atomic E-state index is -1.51. The Morgan fingerprint density at radius 1 is 1.16 bits per heavy atom. The molecule has 0 aliphatic carbocycles. The second kappa shape index (κ2) is 11.1. The minimum absolute atomic E-state index is 0.0311. The quantitative estimate of drug-likeness (QED) is 0.406. The molecule has 37 heavy (non-hydrogen) atoms. The van der Waals surface area contributed by atoms with E-state index in [-0.39, 0.29) is 25.3 Å². The van der Waals surface area contributed by atoms with E-state index in [0.29, 0.717) is 11.3 Å². The van der Waals surface area contributed by atoms with E-state index in [0.717, 1.165) is 5.56 Å². The molecule has 0 spiro atoms. The molecular formula is C27H33N3O6S. The molecule has 4 rings (SSSR count). The van der Waals surface area contributed by atoms with Crippen LogP contribution in [0.2, 0.25) is 0 Å². The zero-order chi connectivity index (χ0) is 26.7. The van der Waals surface area contributed by atoms with Crippen LogP contribution in [0.4, 0.5) is 0 Å². The molecule has 5 N–H and O–H groups in total. The smallest absolute Gasteiger partial charge is 0.252 e. The molecule has 0 radical (unpaired) electrons. The second-order valence-electron chi connectivity index (χ2n) is 10.0. The topological polar surface area (TPSA) is 142 Å². The molecule has 2 aliphatic rings. The van der Waals surface area contributed by atoms with E-state index in [1.807, 2.05) is 50.2 Å². The lowest BCUT2D eigenvalue weighted by molar-refractivity contribution is -0.146. The zero-order valence-electron chi connectivity index (χ0n) is 20.9. The maximum absolute atomic E-state index is 13.5. The number of ether oxygens (including phenoxy) is 1. The number of carbonyl (C=O) groups is 3. The van der Waals surface area contributed by atoms with Gasteiger partial charge in [0.15, 0.2) is 0 Å². The van der Waals surface area contributed by atoms with E-state index < -0.39 is 52.7 Å². The molecule has 9 nitrogen and oxygen atoms in total. The van der Waals surface area contributed by atoms with E-state index in [1.54, 1.807) is 18.2 Å². The highest BCUT2D eigenvalue weighted by atomic mass is 32.2. The van der Waals surface area contributed by atoms with Crippen LogP contribution in [-0.4, -0.2) is 68.3 Å². The molecule has 0 bridgehead atoms. The summed E-state index contributed by atoms with van der Waals surface area (Å²) in [4.78, 5) is 40.2. The summed E-state index contributed by atoms with van der Waals surface area (Å²) in [5.74, 6) is -1.65. The van der Waals surface area contributed by atoms with Gasteiger partial charge in [-0.25, -0.2) is 0 Å². The molecule has 1 fully saturated rings. The number of thioether (sulfide) groups is 1. The Morgan fingerprint density at radius 3 is 2.54 bits per heavy atom. The van der Waals surface area contributed by atoms with Crippen LogP contribution in [0.5, 0.6) is 5.75 Å². The molecule has 0 saturated carbocycles. The van der Waals surface area contributed by atoms with Gasteiger partial charge >= 0.3 is 0 Å². The Kier molecular flexibility index (Phi) is 8.11. The van der Waals surface area contributed by atoms with Crippen molar-refractivity contribution in [1.29, 1.82) is 0 Å². The van der Waals surface area contributed by atoms with Gasteiger partial charge in [-0.05, 0) is 38.3 Å². The number of rotatable bonds is 8. The van der Waals surface area contributed by atoms with Gasteiger partial charge in [0.05, 0.1) is 11.9 Å². The first kappa shape index (κ1) is 27.0. The number of hydrogen-bond donors (Lipinski definition) is 4. The molecule has 0 unspecified atom stereocenters. The molecule has 2 aromatic carbocycles. The molecule has 0 aromatic heterocycles. The van der Waals surface area contributed by atoms with Gasteiger partial charge in [0.25, 0.3) is 5.91 Å². The van der Waals surface area contributed by atoms with Crippen LogP contribution in [0, 0.1) is 5.92 Å². The van der Waals surface area contributed by atoms with Gasteiger partial charge in [-0.15, -0.1) is 11.8 Å². The first-order chi connectivity index (χ1) is 17.6. The molecule has 3 amide bonds. The second-order valence-corrected chi connectivity index (χ2v) is 11.6. The normalized spacial score (nSPS) is 23.9. The summed E-state index contributed by atoms with van der Waals surface area (Å²) in [7, 11) is 0. The van der Waals surface area contributed by atoms with E-state index in [9.17, 15) is 24.6 Å². The maximum Gasteiger partial charge on any atom is 0.252 e. The van der Waals surface area contributed by atoms with Crippen molar-refractivity contribution in [3.63, 3.8) is 0 Å². The number of primary amides is 1. The van der Waals surface area contributed by atoms with Crippen LogP contribution < -0.4 is 15.8 Å². The van der Waals surface area contributed by atoms with Gasteiger partial charge in [0.1, 0.15) is 30.6 Å². The molecule has 5 atom stereocenters. The fraction of sp³-hybridized carbons (Fsp3) is 0.444. The van der Waals surface area contributed by atoms with Crippen molar-refractivity contribution in [2.24, 2.45) is 11.7 Å². The average molecular weight is 528 g/mol. The summed E-state index contributed by atoms with van der Waals surface area (Å²) in [6.45, 7) is 3.69. The number of para-hydroxylation sites is 1. The summed E-state index contributed by atoms with van der Waals surface area (Å²) in [6, 6.07) is 14.9. The number of carbonyl (C=O) groups excluding carboxylic acids is 3. The first-order valence-electron chi connectivity index (χ1n) is 12.2. The van der Waals surface area contributed by atoms with E-state index in [2.05, 4.69) is 5.32 Å². The number of aliphatic hydroxyl groups excluding tert-OH is 2. The molecule has 10 heteroatoms. The van der Waals surface area contributed by atoms with Crippen molar-refractivity contribution in [3.8, 4) is 5.75 Å². The largest absolute Gasteiger partial charge is 0.490 e. The van der Waals surface area contributed by atoms with E-state index in [1.165, 1.54) is 16.7 Å². The molecule has 2 aromatic rings. The number of nitrogens with two attached hydrogens (primary N) is 1. The van der Waals surface area contributed by atoms with Crippen LogP contribution in [0.15, 0.2) is 54.6 Å². The number of aliphatic hydroxyl groups is 2. The van der Waals surface area contributed by atoms with Crippen molar-refractivity contribution in [1.82, 2.24) is 10.2 Å². The van der Waals surface area contributed by atoms with Crippen LogP contribution in [0.3, 0.4) is 0 Å². The number of nitrogens with one attached hydrogen (secondary N) is 1. The molecular weight excluding hydrogens is 494 g/mol. The van der Waals surface area contributed by atoms with E-state index in [4.69, 9.17) is 10.5 Å². The van der Waals surface area contributed by atoms with Gasteiger partial charge in [0.2, 0.25) is 11.8 Å². The van der Waals surface area contributed by atoms with Crippen molar-refractivity contribution in [2.45, 2.75) is 55.7 Å². The zero-order valence-corrected chi connectivity index (χ0v) is 21.7. The summed E-state index contributed by atoms with van der Waals surface area (Å²) in [6.07, 6.45) is -2.35. The fourth-order valence-electron chi connectivity index (χ4n) is 4.99. The average Bonchev–Trinajstić information content (AvgIpc) is 3.20. The van der Waals surface area contributed by atoms with Crippen LogP contribution in [0.1, 0.15) is 37.4 Å². The van der Waals surface area contributed by atoms with Gasteiger partial charge in [-0.2, -0.15) is 0 Å². The highest BCUT2D eigenvalue weighted by Crippen LogP contribution is 2.39. The Labute approximate surface area is 220 Å². The SMILES string of the molecule is CC1(C)SCN(C(=O)[C@@H](O)C[C@@H](Cc2ccccc2)C(=O)N[C@H]2c3ccccc3OC[C@H]2O)[C@@H]1C(N)=O. The number of hydrogen-bond acceptors (Lipinski definition) is 7. The minimum Gasteiger partial charge on any atom is -0.490 e. The molecule has 2 heterocycles. The molecule has 2 aliphatic heterocycles. The third-order valence-electron chi connectivity index (χ3n) is 6.93. The highest BCUT2D eigenvalue weighted by molar-refractivity contribution is 8.00. The van der Waals surface area contributed by atoms with Crippen molar-refractivity contribution >= 4 is 29.5 Å². The number of nitrogens with zero attached hydrogens (tertiary/aromatic N) is 1. The summed E-state index contributed by atoms with van der Waals surface area (Å²) >= 11 is 1.41. The Balaban J connectivity index is 1.54. The van der Waals surface area contributed by atoms with Crippen LogP contribution in [-0.2, 0) is 20.8 Å². The Bertz CT molecular complexity index is 1140. The van der Waals surface area contributed by atoms with E-state index >= 15 is 0 Å². The maximum atomic E-state index is 13.5. The van der Waals surface area contributed by atoms with Gasteiger partial charge in [-0.1, -0.05) is 48.5 Å². The third-order valence-corrected chi connectivity index (χ3v) is 8.31. The van der Waals surface area contributed by atoms with Crippen molar-refractivity contribution in [3.05, 3.63) is 65.7 Å². The first-order valence-corrected chi connectivity index (χ1v) is 13.2. The molecule has 1 saturated heterocycles. The number of benzene rings is 2. The predicted molar refractivity (Wildman–Crippen MR) is 139 cm³/mol. The Hall–Kier alpha value is -3.08. The standard InChI is InChI=1S/C27H33N3O6S/c1-27(2)23(24(28)33)30(15-37-27)26(35)19(31)13-17(12-16-8-4-3-5-9-16)25(34)29-22-18-10-6-7-11-21(18)36-14-20(22)32/h3-11,17,19-20,22-23,31-32H,12-15H2,1-2H3,(H2,28,33)(H,29,34)/t17-,19+,20-,22+,23-/m1/s1. The van der Waals surface area contributed by atoms with Crippen LogP contribution >= 0.6 is 11.8 Å². The van der Waals surface area contributed by atoms with Crippen molar-refractivity contribution < 1.29 is 29.3 Å². The van der Waals surface area contributed by atoms with Crippen molar-refractivity contribution in [2.75, 3.05) is 12.5 Å². The van der Waals surface area contributed by atoms with Gasteiger partial charge in [-0.3, -0.25) is 14.4 Å². The lowest BCUT2D eigenvalue weighted by Crippen LogP contribution is -2.54. The number of fused-ring (bicyclic) bond motifs is 1. The summed E-state index contributed by atoms with van der Waals surface area (Å²) in [5.41, 5.74) is 7.11.